The Labute approximate surface area is 183 Å². The zero-order valence-corrected chi connectivity index (χ0v) is 18.4. The summed E-state index contributed by atoms with van der Waals surface area (Å²) in [6.45, 7) is 3.77. The second kappa shape index (κ2) is 8.79. The van der Waals surface area contributed by atoms with Crippen LogP contribution in [0.5, 0.6) is 0 Å². The Morgan fingerprint density at radius 1 is 1.00 bits per heavy atom. The molecule has 2 heterocycles. The minimum atomic E-state index is 0.0240. The van der Waals surface area contributed by atoms with Gasteiger partial charge in [-0.15, -0.1) is 0 Å². The summed E-state index contributed by atoms with van der Waals surface area (Å²) in [5.41, 5.74) is 6.46. The smallest absolute Gasteiger partial charge is 0.274 e. The number of nitrogens with one attached hydrogen (secondary N) is 1. The summed E-state index contributed by atoms with van der Waals surface area (Å²) in [5, 5.41) is 12.5. The third kappa shape index (κ3) is 4.12. The second-order valence-corrected chi connectivity index (χ2v) is 8.26. The van der Waals surface area contributed by atoms with Crippen LogP contribution in [0.1, 0.15) is 24.0 Å². The molecule has 5 heteroatoms. The fourth-order valence-corrected chi connectivity index (χ4v) is 4.36. The number of hydrogen-bond acceptors (Lipinski definition) is 4. The van der Waals surface area contributed by atoms with Crippen molar-refractivity contribution in [1.82, 2.24) is 9.88 Å². The molecule has 31 heavy (non-hydrogen) atoms. The van der Waals surface area contributed by atoms with Gasteiger partial charge in [0.05, 0.1) is 17.3 Å². The van der Waals surface area contributed by atoms with E-state index < -0.39 is 0 Å². The van der Waals surface area contributed by atoms with Crippen molar-refractivity contribution in [2.24, 2.45) is 7.05 Å². The van der Waals surface area contributed by atoms with Crippen LogP contribution >= 0.6 is 0 Å². The van der Waals surface area contributed by atoms with E-state index in [2.05, 4.69) is 47.5 Å². The number of anilines is 1. The van der Waals surface area contributed by atoms with E-state index in [1.807, 2.05) is 44.4 Å². The van der Waals surface area contributed by atoms with Crippen molar-refractivity contribution in [3.8, 4) is 28.5 Å². The summed E-state index contributed by atoms with van der Waals surface area (Å²) in [6, 6.07) is 20.6. The van der Waals surface area contributed by atoms with E-state index in [9.17, 15) is 10.1 Å². The normalized spacial score (nSPS) is 14.5. The first-order valence-corrected chi connectivity index (χ1v) is 10.8. The van der Waals surface area contributed by atoms with Crippen molar-refractivity contribution < 1.29 is 0 Å². The van der Waals surface area contributed by atoms with Gasteiger partial charge in [0.15, 0.2) is 0 Å². The van der Waals surface area contributed by atoms with Crippen LogP contribution in [-0.2, 0) is 7.05 Å². The Balaban J connectivity index is 1.88. The van der Waals surface area contributed by atoms with Crippen LogP contribution in [0, 0.1) is 18.3 Å². The molecule has 0 bridgehead atoms. The maximum absolute atomic E-state index is 13.4. The topological polar surface area (TPSA) is 61.1 Å². The molecule has 0 spiro atoms. The van der Waals surface area contributed by atoms with Crippen molar-refractivity contribution in [3.05, 3.63) is 76.1 Å². The Kier molecular flexibility index (Phi) is 5.92. The van der Waals surface area contributed by atoms with Crippen LogP contribution in [0.4, 0.5) is 5.69 Å². The summed E-state index contributed by atoms with van der Waals surface area (Å²) in [4.78, 5) is 15.6. The molecule has 1 aliphatic heterocycles. The summed E-state index contributed by atoms with van der Waals surface area (Å²) in [6.07, 6.45) is 2.04. The van der Waals surface area contributed by atoms with Crippen LogP contribution < -0.4 is 15.8 Å². The fourth-order valence-electron chi connectivity index (χ4n) is 4.36. The molecule has 1 aliphatic rings. The van der Waals surface area contributed by atoms with Gasteiger partial charge >= 0.3 is 0 Å². The lowest BCUT2D eigenvalue weighted by molar-refractivity contribution is 0.441. The summed E-state index contributed by atoms with van der Waals surface area (Å²) < 4.78 is 1.78. The van der Waals surface area contributed by atoms with E-state index in [-0.39, 0.29) is 5.56 Å². The van der Waals surface area contributed by atoms with Crippen molar-refractivity contribution in [3.63, 3.8) is 0 Å². The predicted octanol–water partition coefficient (Wildman–Crippen LogP) is 4.09. The Morgan fingerprint density at radius 2 is 1.61 bits per heavy atom. The van der Waals surface area contributed by atoms with Crippen LogP contribution in [0.3, 0.4) is 0 Å². The second-order valence-electron chi connectivity index (χ2n) is 8.26. The summed E-state index contributed by atoms with van der Waals surface area (Å²) in [7, 11) is 3.85. The van der Waals surface area contributed by atoms with Crippen molar-refractivity contribution >= 4 is 5.69 Å². The zero-order chi connectivity index (χ0) is 22.0. The molecule has 0 saturated carbocycles. The minimum Gasteiger partial charge on any atom is -0.367 e. The average Bonchev–Trinajstić information content (AvgIpc) is 2.81. The number of benzene rings is 2. The maximum atomic E-state index is 13.4. The highest BCUT2D eigenvalue weighted by Crippen LogP contribution is 2.34. The van der Waals surface area contributed by atoms with Crippen molar-refractivity contribution in [2.75, 3.05) is 25.0 Å². The number of piperidine rings is 1. The van der Waals surface area contributed by atoms with Crippen LogP contribution in [0.25, 0.3) is 22.4 Å². The van der Waals surface area contributed by atoms with Gasteiger partial charge in [-0.3, -0.25) is 4.79 Å². The van der Waals surface area contributed by atoms with Gasteiger partial charge in [0, 0.05) is 31.7 Å². The number of pyridine rings is 1. The molecule has 4 rings (SSSR count). The molecule has 0 radical (unpaired) electrons. The number of nitriles is 1. The SMILES string of the molecule is CNC1CCN(c2cc(-c3ccc(C#N)cc3)c(-c3ccc(C)cc3)n(C)c2=O)CC1. The molecular formula is C26H28N4O. The van der Waals surface area contributed by atoms with E-state index in [1.165, 1.54) is 5.56 Å². The Hall–Kier alpha value is -3.36. The highest BCUT2D eigenvalue weighted by Gasteiger charge is 2.23. The van der Waals surface area contributed by atoms with E-state index in [1.54, 1.807) is 4.57 Å². The fraction of sp³-hybridized carbons (Fsp3) is 0.308. The van der Waals surface area contributed by atoms with Crippen molar-refractivity contribution in [2.45, 2.75) is 25.8 Å². The minimum absolute atomic E-state index is 0.0240. The first-order chi connectivity index (χ1) is 15.0. The van der Waals surface area contributed by atoms with Gasteiger partial charge in [0.2, 0.25) is 0 Å². The molecule has 0 unspecified atom stereocenters. The zero-order valence-electron chi connectivity index (χ0n) is 18.4. The van der Waals surface area contributed by atoms with Crippen LogP contribution in [0.2, 0.25) is 0 Å². The molecule has 1 saturated heterocycles. The first kappa shape index (κ1) is 20.9. The lowest BCUT2D eigenvalue weighted by Crippen LogP contribution is -2.43. The molecule has 2 aromatic carbocycles. The van der Waals surface area contributed by atoms with Crippen LogP contribution in [-0.4, -0.2) is 30.7 Å². The molecule has 1 fully saturated rings. The van der Waals surface area contributed by atoms with Crippen LogP contribution in [0.15, 0.2) is 59.4 Å². The van der Waals surface area contributed by atoms with E-state index in [4.69, 9.17) is 0 Å². The highest BCUT2D eigenvalue weighted by molar-refractivity contribution is 5.83. The van der Waals surface area contributed by atoms with Gasteiger partial charge in [0.25, 0.3) is 5.56 Å². The van der Waals surface area contributed by atoms with Gasteiger partial charge in [-0.1, -0.05) is 42.0 Å². The number of nitrogens with zero attached hydrogens (tertiary/aromatic N) is 3. The number of rotatable bonds is 4. The Morgan fingerprint density at radius 3 is 2.19 bits per heavy atom. The molecular weight excluding hydrogens is 384 g/mol. The number of aryl methyl sites for hydroxylation is 1. The van der Waals surface area contributed by atoms with Gasteiger partial charge < -0.3 is 14.8 Å². The van der Waals surface area contributed by atoms with Gasteiger partial charge in [0.1, 0.15) is 5.69 Å². The molecule has 0 atom stereocenters. The molecule has 0 amide bonds. The third-order valence-electron chi connectivity index (χ3n) is 6.29. The van der Waals surface area contributed by atoms with Gasteiger partial charge in [-0.25, -0.2) is 0 Å². The largest absolute Gasteiger partial charge is 0.367 e. The van der Waals surface area contributed by atoms with E-state index >= 15 is 0 Å². The average molecular weight is 413 g/mol. The summed E-state index contributed by atoms with van der Waals surface area (Å²) >= 11 is 0. The number of hydrogen-bond donors (Lipinski definition) is 1. The van der Waals surface area contributed by atoms with Gasteiger partial charge in [-0.2, -0.15) is 5.26 Å². The standard InChI is InChI=1S/C26H28N4O/c1-18-4-8-21(9-5-18)25-23(20-10-6-19(17-27)7-11-20)16-24(26(31)29(25)3)30-14-12-22(28-2)13-15-30/h4-11,16,22,28H,12-15H2,1-3H3. The molecule has 3 aromatic rings. The van der Waals surface area contributed by atoms with Crippen molar-refractivity contribution in [1.29, 1.82) is 5.26 Å². The monoisotopic (exact) mass is 412 g/mol. The summed E-state index contributed by atoms with van der Waals surface area (Å²) in [5.74, 6) is 0. The maximum Gasteiger partial charge on any atom is 0.274 e. The first-order valence-electron chi connectivity index (χ1n) is 10.8. The predicted molar refractivity (Wildman–Crippen MR) is 126 cm³/mol. The molecule has 158 valence electrons. The highest BCUT2D eigenvalue weighted by atomic mass is 16.1. The van der Waals surface area contributed by atoms with Gasteiger partial charge in [-0.05, 0) is 56.1 Å². The molecule has 0 aliphatic carbocycles. The lowest BCUT2D eigenvalue weighted by Gasteiger charge is -2.33. The van der Waals surface area contributed by atoms with E-state index in [0.717, 1.165) is 54.0 Å². The number of aromatic nitrogens is 1. The Bertz CT molecular complexity index is 1160. The molecule has 1 aromatic heterocycles. The molecule has 5 nitrogen and oxygen atoms in total. The quantitative estimate of drug-likeness (QED) is 0.701. The molecule has 1 N–H and O–H groups in total. The van der Waals surface area contributed by atoms with E-state index in [0.29, 0.717) is 11.6 Å². The lowest BCUT2D eigenvalue weighted by atomic mass is 9.96. The third-order valence-corrected chi connectivity index (χ3v) is 6.29.